The first-order valence-electron chi connectivity index (χ1n) is 7.75. The third-order valence-electron chi connectivity index (χ3n) is 3.98. The van der Waals surface area contributed by atoms with E-state index in [-0.39, 0.29) is 0 Å². The van der Waals surface area contributed by atoms with Crippen molar-refractivity contribution >= 4 is 0 Å². The number of hydrogen-bond donors (Lipinski definition) is 1. The van der Waals surface area contributed by atoms with Gasteiger partial charge in [0.25, 0.3) is 0 Å². The van der Waals surface area contributed by atoms with Gasteiger partial charge in [-0.3, -0.25) is 4.90 Å². The zero-order valence-electron chi connectivity index (χ0n) is 12.2. The molecule has 1 aliphatic rings. The van der Waals surface area contributed by atoms with Crippen LogP contribution in [0.2, 0.25) is 0 Å². The van der Waals surface area contributed by atoms with Crippen LogP contribution in [0, 0.1) is 11.3 Å². The van der Waals surface area contributed by atoms with Crippen molar-refractivity contribution in [3.8, 4) is 6.07 Å². The van der Waals surface area contributed by atoms with Gasteiger partial charge in [0.15, 0.2) is 0 Å². The van der Waals surface area contributed by atoms with Crippen LogP contribution in [0.25, 0.3) is 0 Å². The Kier molecular flexibility index (Phi) is 6.56. The second-order valence-corrected chi connectivity index (χ2v) is 5.61. The number of hydrogen-bond acceptors (Lipinski definition) is 3. The van der Waals surface area contributed by atoms with Crippen LogP contribution in [0.3, 0.4) is 0 Å². The summed E-state index contributed by atoms with van der Waals surface area (Å²) in [6.07, 6.45) is 5.32. The molecular weight excluding hydrogens is 246 g/mol. The lowest BCUT2D eigenvalue weighted by Crippen LogP contribution is -2.42. The van der Waals surface area contributed by atoms with Crippen molar-refractivity contribution < 1.29 is 0 Å². The van der Waals surface area contributed by atoms with Gasteiger partial charge in [0, 0.05) is 19.0 Å². The average Bonchev–Trinajstić information content (AvgIpc) is 2.50. The molecule has 0 atom stereocenters. The van der Waals surface area contributed by atoms with Crippen molar-refractivity contribution in [3.05, 3.63) is 35.9 Å². The summed E-state index contributed by atoms with van der Waals surface area (Å²) >= 11 is 0. The van der Waals surface area contributed by atoms with E-state index in [4.69, 9.17) is 5.26 Å². The molecule has 1 heterocycles. The molecule has 20 heavy (non-hydrogen) atoms. The third-order valence-corrected chi connectivity index (χ3v) is 3.98. The Hall–Kier alpha value is -1.37. The van der Waals surface area contributed by atoms with Gasteiger partial charge in [-0.25, -0.2) is 0 Å². The molecule has 1 saturated heterocycles. The number of nitriles is 1. The van der Waals surface area contributed by atoms with E-state index in [0.717, 1.165) is 25.9 Å². The van der Waals surface area contributed by atoms with E-state index in [0.29, 0.717) is 12.5 Å². The fourth-order valence-electron chi connectivity index (χ4n) is 2.77. The van der Waals surface area contributed by atoms with Gasteiger partial charge in [-0.05, 0) is 50.9 Å². The van der Waals surface area contributed by atoms with Crippen LogP contribution in [0.5, 0.6) is 0 Å². The van der Waals surface area contributed by atoms with Crippen LogP contribution in [0.15, 0.2) is 30.3 Å². The SMILES string of the molecule is N#CCCCCNC1CCN(Cc2ccccc2)CC1. The van der Waals surface area contributed by atoms with Crippen molar-refractivity contribution in [1.29, 1.82) is 5.26 Å². The van der Waals surface area contributed by atoms with E-state index in [1.807, 2.05) is 0 Å². The summed E-state index contributed by atoms with van der Waals surface area (Å²) in [5.41, 5.74) is 1.41. The Morgan fingerprint density at radius 2 is 1.90 bits per heavy atom. The number of unbranched alkanes of at least 4 members (excludes halogenated alkanes) is 2. The first-order chi connectivity index (χ1) is 9.88. The quantitative estimate of drug-likeness (QED) is 0.775. The monoisotopic (exact) mass is 271 g/mol. The van der Waals surface area contributed by atoms with Crippen LogP contribution in [-0.4, -0.2) is 30.6 Å². The average molecular weight is 271 g/mol. The highest BCUT2D eigenvalue weighted by Gasteiger charge is 2.18. The van der Waals surface area contributed by atoms with E-state index in [1.165, 1.54) is 31.5 Å². The molecule has 2 rings (SSSR count). The molecular formula is C17H25N3. The fraction of sp³-hybridized carbons (Fsp3) is 0.588. The van der Waals surface area contributed by atoms with Crippen LogP contribution in [-0.2, 0) is 6.54 Å². The van der Waals surface area contributed by atoms with Crippen molar-refractivity contribution in [2.75, 3.05) is 19.6 Å². The first kappa shape index (κ1) is 15.0. The number of likely N-dealkylation sites (tertiary alicyclic amines) is 1. The lowest BCUT2D eigenvalue weighted by atomic mass is 10.0. The second-order valence-electron chi connectivity index (χ2n) is 5.61. The molecule has 3 nitrogen and oxygen atoms in total. The predicted octanol–water partition coefficient (Wildman–Crippen LogP) is 2.93. The standard InChI is InChI=1S/C17H25N3/c18-11-5-2-6-12-19-17-9-13-20(14-10-17)15-16-7-3-1-4-8-16/h1,3-4,7-8,17,19H,2,5-6,9-10,12-15H2. The fourth-order valence-corrected chi connectivity index (χ4v) is 2.77. The Bertz CT molecular complexity index is 402. The molecule has 1 aliphatic heterocycles. The van der Waals surface area contributed by atoms with E-state index >= 15 is 0 Å². The minimum atomic E-state index is 0.670. The van der Waals surface area contributed by atoms with E-state index in [1.54, 1.807) is 0 Å². The number of nitrogens with one attached hydrogen (secondary N) is 1. The Labute approximate surface area is 122 Å². The normalized spacial score (nSPS) is 16.9. The third kappa shape index (κ3) is 5.32. The molecule has 0 aliphatic carbocycles. The Balaban J connectivity index is 1.59. The molecule has 0 unspecified atom stereocenters. The lowest BCUT2D eigenvalue weighted by molar-refractivity contribution is 0.190. The van der Waals surface area contributed by atoms with Crippen LogP contribution in [0.1, 0.15) is 37.7 Å². The Morgan fingerprint density at radius 3 is 2.60 bits per heavy atom. The number of piperidine rings is 1. The lowest BCUT2D eigenvalue weighted by Gasteiger charge is -2.32. The minimum absolute atomic E-state index is 0.670. The van der Waals surface area contributed by atoms with Crippen LogP contribution >= 0.6 is 0 Å². The summed E-state index contributed by atoms with van der Waals surface area (Å²) in [4.78, 5) is 2.54. The van der Waals surface area contributed by atoms with Gasteiger partial charge >= 0.3 is 0 Å². The maximum Gasteiger partial charge on any atom is 0.0621 e. The van der Waals surface area contributed by atoms with Gasteiger partial charge in [-0.15, -0.1) is 0 Å². The zero-order valence-corrected chi connectivity index (χ0v) is 12.2. The molecule has 0 bridgehead atoms. The Morgan fingerprint density at radius 1 is 1.15 bits per heavy atom. The summed E-state index contributed by atoms with van der Waals surface area (Å²) in [6, 6.07) is 13.6. The highest BCUT2D eigenvalue weighted by molar-refractivity contribution is 5.14. The van der Waals surface area contributed by atoms with Crippen molar-refractivity contribution in [2.45, 2.75) is 44.7 Å². The largest absolute Gasteiger partial charge is 0.314 e. The molecule has 108 valence electrons. The molecule has 3 heteroatoms. The highest BCUT2D eigenvalue weighted by atomic mass is 15.1. The predicted molar refractivity (Wildman–Crippen MR) is 82.2 cm³/mol. The number of rotatable bonds is 7. The number of benzene rings is 1. The molecule has 0 saturated carbocycles. The second kappa shape index (κ2) is 8.73. The summed E-state index contributed by atoms with van der Waals surface area (Å²) in [5.74, 6) is 0. The molecule has 1 aromatic carbocycles. The molecule has 0 aromatic heterocycles. The van der Waals surface area contributed by atoms with Crippen LogP contribution < -0.4 is 5.32 Å². The maximum atomic E-state index is 8.49. The topological polar surface area (TPSA) is 39.1 Å². The van der Waals surface area contributed by atoms with E-state index < -0.39 is 0 Å². The van der Waals surface area contributed by atoms with Crippen molar-refractivity contribution in [1.82, 2.24) is 10.2 Å². The first-order valence-corrected chi connectivity index (χ1v) is 7.75. The summed E-state index contributed by atoms with van der Waals surface area (Å²) < 4.78 is 0. The zero-order chi connectivity index (χ0) is 14.0. The molecule has 1 aromatic rings. The van der Waals surface area contributed by atoms with Gasteiger partial charge in [-0.1, -0.05) is 30.3 Å². The smallest absolute Gasteiger partial charge is 0.0621 e. The van der Waals surface area contributed by atoms with Gasteiger partial charge in [-0.2, -0.15) is 5.26 Å². The molecule has 0 radical (unpaired) electrons. The van der Waals surface area contributed by atoms with E-state index in [9.17, 15) is 0 Å². The molecule has 1 N–H and O–H groups in total. The summed E-state index contributed by atoms with van der Waals surface area (Å²) in [6.45, 7) is 4.51. The van der Waals surface area contributed by atoms with Crippen molar-refractivity contribution in [3.63, 3.8) is 0 Å². The molecule has 1 fully saturated rings. The van der Waals surface area contributed by atoms with Gasteiger partial charge in [0.1, 0.15) is 0 Å². The molecule has 0 amide bonds. The molecule has 0 spiro atoms. The van der Waals surface area contributed by atoms with Gasteiger partial charge in [0.2, 0.25) is 0 Å². The summed E-state index contributed by atoms with van der Waals surface area (Å²) in [7, 11) is 0. The van der Waals surface area contributed by atoms with Crippen LogP contribution in [0.4, 0.5) is 0 Å². The number of nitrogens with zero attached hydrogens (tertiary/aromatic N) is 2. The van der Waals surface area contributed by atoms with Gasteiger partial charge in [0.05, 0.1) is 6.07 Å². The van der Waals surface area contributed by atoms with Gasteiger partial charge < -0.3 is 5.32 Å². The summed E-state index contributed by atoms with van der Waals surface area (Å²) in [5, 5.41) is 12.1. The van der Waals surface area contributed by atoms with E-state index in [2.05, 4.69) is 46.6 Å². The highest BCUT2D eigenvalue weighted by Crippen LogP contribution is 2.13. The minimum Gasteiger partial charge on any atom is -0.314 e. The van der Waals surface area contributed by atoms with Crippen molar-refractivity contribution in [2.24, 2.45) is 0 Å². The maximum absolute atomic E-state index is 8.49.